The molecule has 11 nitrogen and oxygen atoms in total. The average molecular weight is 348 g/mol. The van der Waals surface area contributed by atoms with Crippen LogP contribution in [-0.4, -0.2) is 28.1 Å². The van der Waals surface area contributed by atoms with Crippen LogP contribution in [0.2, 0.25) is 0 Å². The lowest BCUT2D eigenvalue weighted by molar-refractivity contribution is -0.392. The first-order chi connectivity index (χ1) is 11.9. The molecule has 0 aromatic heterocycles. The summed E-state index contributed by atoms with van der Waals surface area (Å²) in [5, 5.41) is 33.8. The average Bonchev–Trinajstić information content (AvgIpc) is 2.60. The van der Waals surface area contributed by atoms with E-state index in [2.05, 4.69) is 5.32 Å². The van der Waals surface area contributed by atoms with Crippen molar-refractivity contribution in [1.29, 1.82) is 0 Å². The van der Waals surface area contributed by atoms with Crippen molar-refractivity contribution < 1.29 is 24.6 Å². The molecule has 2 aromatic rings. The van der Waals surface area contributed by atoms with E-state index in [0.29, 0.717) is 11.4 Å². The van der Waals surface area contributed by atoms with Crippen molar-refractivity contribution in [1.82, 2.24) is 5.48 Å². The monoisotopic (exact) mass is 348 g/mol. The number of benzene rings is 2. The number of nitrogens with one attached hydrogen (secondary N) is 2. The maximum absolute atomic E-state index is 11.5. The van der Waals surface area contributed by atoms with Crippen molar-refractivity contribution in [3.8, 4) is 5.75 Å². The van der Waals surface area contributed by atoms with Crippen LogP contribution in [0.15, 0.2) is 36.4 Å². The molecule has 0 aliphatic carbocycles. The van der Waals surface area contributed by atoms with E-state index in [9.17, 15) is 25.0 Å². The fraction of sp³-hybridized carbons (Fsp3) is 0.0714. The summed E-state index contributed by atoms with van der Waals surface area (Å²) in [4.78, 5) is 32.3. The van der Waals surface area contributed by atoms with Gasteiger partial charge in [0.2, 0.25) is 0 Å². The Hall–Kier alpha value is -3.73. The van der Waals surface area contributed by atoms with E-state index in [1.165, 1.54) is 24.7 Å². The molecule has 0 aliphatic heterocycles. The molecule has 0 heterocycles. The molecule has 0 saturated heterocycles. The van der Waals surface area contributed by atoms with Crippen molar-refractivity contribution >= 4 is 28.7 Å². The van der Waals surface area contributed by atoms with Crippen LogP contribution in [0.25, 0.3) is 0 Å². The first-order valence-corrected chi connectivity index (χ1v) is 6.69. The lowest BCUT2D eigenvalue weighted by atomic mass is 10.1. The Balaban J connectivity index is 2.63. The zero-order valence-corrected chi connectivity index (χ0v) is 12.8. The second-order valence-electron chi connectivity index (χ2n) is 4.70. The summed E-state index contributed by atoms with van der Waals surface area (Å²) in [5.41, 5.74) is -0.648. The minimum atomic E-state index is -1.11. The first kappa shape index (κ1) is 17.6. The summed E-state index contributed by atoms with van der Waals surface area (Å²) in [6, 6.07) is 7.88. The number of ether oxygens (including phenoxy) is 1. The van der Waals surface area contributed by atoms with E-state index >= 15 is 0 Å². The molecule has 2 aromatic carbocycles. The summed E-state index contributed by atoms with van der Waals surface area (Å²) < 4.78 is 5.02. The summed E-state index contributed by atoms with van der Waals surface area (Å²) >= 11 is 0. The summed E-state index contributed by atoms with van der Waals surface area (Å²) in [7, 11) is 1.42. The topological polar surface area (TPSA) is 157 Å². The highest BCUT2D eigenvalue weighted by molar-refractivity contribution is 5.97. The minimum absolute atomic E-state index is 0.310. The zero-order chi connectivity index (χ0) is 18.6. The van der Waals surface area contributed by atoms with Crippen LogP contribution in [0.4, 0.5) is 22.7 Å². The van der Waals surface area contributed by atoms with Gasteiger partial charge in [-0.3, -0.25) is 30.2 Å². The van der Waals surface area contributed by atoms with Crippen LogP contribution in [0, 0.1) is 20.2 Å². The first-order valence-electron chi connectivity index (χ1n) is 6.69. The van der Waals surface area contributed by atoms with Crippen LogP contribution in [0.1, 0.15) is 10.4 Å². The lowest BCUT2D eigenvalue weighted by Crippen LogP contribution is -2.19. The number of rotatable bonds is 6. The number of nitro groups is 2. The molecule has 3 N–H and O–H groups in total. The smallest absolute Gasteiger partial charge is 0.300 e. The third-order valence-corrected chi connectivity index (χ3v) is 3.19. The Kier molecular flexibility index (Phi) is 5.09. The number of carbonyl (C=O) groups excluding carboxylic acids is 1. The molecule has 130 valence electrons. The van der Waals surface area contributed by atoms with Crippen LogP contribution in [0.5, 0.6) is 5.75 Å². The van der Waals surface area contributed by atoms with Crippen LogP contribution < -0.4 is 15.5 Å². The molecule has 0 spiro atoms. The van der Waals surface area contributed by atoms with Crippen molar-refractivity contribution in [2.45, 2.75) is 0 Å². The van der Waals surface area contributed by atoms with E-state index in [1.54, 1.807) is 12.1 Å². The normalized spacial score (nSPS) is 10.0. The van der Waals surface area contributed by atoms with Gasteiger partial charge in [0, 0.05) is 23.9 Å². The van der Waals surface area contributed by atoms with Crippen LogP contribution in [0.3, 0.4) is 0 Å². The zero-order valence-electron chi connectivity index (χ0n) is 12.8. The second kappa shape index (κ2) is 7.23. The van der Waals surface area contributed by atoms with Crippen molar-refractivity contribution in [2.24, 2.45) is 0 Å². The van der Waals surface area contributed by atoms with Gasteiger partial charge >= 0.3 is 11.4 Å². The number of amides is 1. The van der Waals surface area contributed by atoms with E-state index in [0.717, 1.165) is 12.1 Å². The number of nitrogens with zero attached hydrogens (tertiary/aromatic N) is 2. The molecule has 0 atom stereocenters. The van der Waals surface area contributed by atoms with Gasteiger partial charge < -0.3 is 10.1 Å². The molecule has 1 amide bonds. The van der Waals surface area contributed by atoms with Gasteiger partial charge in [-0.25, -0.2) is 5.48 Å². The molecule has 0 saturated carbocycles. The molecule has 2 rings (SSSR count). The number of hydrogen-bond donors (Lipinski definition) is 3. The largest absolute Gasteiger partial charge is 0.497 e. The van der Waals surface area contributed by atoms with Gasteiger partial charge in [-0.05, 0) is 12.1 Å². The van der Waals surface area contributed by atoms with Gasteiger partial charge in [-0.1, -0.05) is 6.07 Å². The molecular weight excluding hydrogens is 336 g/mol. The number of carbonyl (C=O) groups is 1. The molecule has 0 bridgehead atoms. The van der Waals surface area contributed by atoms with Crippen molar-refractivity contribution in [3.05, 3.63) is 62.2 Å². The van der Waals surface area contributed by atoms with Gasteiger partial charge in [0.05, 0.1) is 22.5 Å². The van der Waals surface area contributed by atoms with E-state index < -0.39 is 38.4 Å². The number of hydrogen-bond acceptors (Lipinski definition) is 8. The standard InChI is InChI=1S/C14H12N4O7/c1-25-10-4-2-3-9(7-10)15-13-11(17(21)22)5-8(14(19)16-20)6-12(13)18(23)24/h2-7,15,20H,1H3,(H,16,19). The summed E-state index contributed by atoms with van der Waals surface area (Å²) in [5.74, 6) is -0.675. The predicted octanol–water partition coefficient (Wildman–Crippen LogP) is 2.37. The summed E-state index contributed by atoms with van der Waals surface area (Å²) in [6.45, 7) is 0. The highest BCUT2D eigenvalue weighted by atomic mass is 16.6. The number of methoxy groups -OCH3 is 1. The Morgan fingerprint density at radius 3 is 2.20 bits per heavy atom. The second-order valence-corrected chi connectivity index (χ2v) is 4.70. The van der Waals surface area contributed by atoms with Gasteiger partial charge in [-0.2, -0.15) is 0 Å². The minimum Gasteiger partial charge on any atom is -0.497 e. The molecule has 0 unspecified atom stereocenters. The van der Waals surface area contributed by atoms with Crippen LogP contribution in [-0.2, 0) is 0 Å². The molecule has 25 heavy (non-hydrogen) atoms. The maximum atomic E-state index is 11.5. The highest BCUT2D eigenvalue weighted by Gasteiger charge is 2.28. The fourth-order valence-electron chi connectivity index (χ4n) is 2.07. The lowest BCUT2D eigenvalue weighted by Gasteiger charge is -2.10. The SMILES string of the molecule is COc1cccc(Nc2c([N+](=O)[O-])cc(C(=O)NO)cc2[N+](=O)[O-])c1. The Morgan fingerprint density at radius 2 is 1.72 bits per heavy atom. The van der Waals surface area contributed by atoms with Gasteiger partial charge in [0.25, 0.3) is 5.91 Å². The van der Waals surface area contributed by atoms with E-state index in [4.69, 9.17) is 9.94 Å². The van der Waals surface area contributed by atoms with Crippen molar-refractivity contribution in [2.75, 3.05) is 12.4 Å². The number of hydroxylamine groups is 1. The Morgan fingerprint density at radius 1 is 1.12 bits per heavy atom. The molecular formula is C14H12N4O7. The van der Waals surface area contributed by atoms with Gasteiger partial charge in [0.15, 0.2) is 5.69 Å². The maximum Gasteiger partial charge on any atom is 0.300 e. The van der Waals surface area contributed by atoms with Crippen molar-refractivity contribution in [3.63, 3.8) is 0 Å². The number of nitro benzene ring substituents is 2. The predicted molar refractivity (Wildman–Crippen MR) is 85.3 cm³/mol. The third kappa shape index (κ3) is 3.79. The van der Waals surface area contributed by atoms with Gasteiger partial charge in [-0.15, -0.1) is 0 Å². The Labute approximate surface area is 140 Å². The van der Waals surface area contributed by atoms with E-state index in [1.807, 2.05) is 0 Å². The molecule has 11 heteroatoms. The third-order valence-electron chi connectivity index (χ3n) is 3.19. The van der Waals surface area contributed by atoms with Gasteiger partial charge in [0.1, 0.15) is 5.75 Å². The van der Waals surface area contributed by atoms with Crippen LogP contribution >= 0.6 is 0 Å². The number of anilines is 2. The van der Waals surface area contributed by atoms with E-state index in [-0.39, 0.29) is 0 Å². The molecule has 0 radical (unpaired) electrons. The highest BCUT2D eigenvalue weighted by Crippen LogP contribution is 2.38. The molecule has 0 aliphatic rings. The Bertz CT molecular complexity index is 818. The molecule has 0 fully saturated rings. The summed E-state index contributed by atoms with van der Waals surface area (Å²) in [6.07, 6.45) is 0. The quantitative estimate of drug-likeness (QED) is 0.408. The fourth-order valence-corrected chi connectivity index (χ4v) is 2.07.